The lowest BCUT2D eigenvalue weighted by Gasteiger charge is -2.22. The molecule has 2 rings (SSSR count). The fourth-order valence-electron chi connectivity index (χ4n) is 1.95. The summed E-state index contributed by atoms with van der Waals surface area (Å²) >= 11 is 5.83. The monoisotopic (exact) mass is 337 g/mol. The highest BCUT2D eigenvalue weighted by Crippen LogP contribution is 2.26. The van der Waals surface area contributed by atoms with Crippen LogP contribution in [0.5, 0.6) is 0 Å². The van der Waals surface area contributed by atoms with Crippen LogP contribution in [0.25, 0.3) is 0 Å². The van der Waals surface area contributed by atoms with Gasteiger partial charge in [-0.2, -0.15) is 0 Å². The van der Waals surface area contributed by atoms with E-state index in [0.717, 1.165) is 9.87 Å². The third kappa shape index (κ3) is 3.31. The van der Waals surface area contributed by atoms with Gasteiger partial charge in [-0.25, -0.2) is 12.7 Å². The number of carbonyl (C=O) groups is 1. The zero-order chi connectivity index (χ0) is 16.3. The summed E-state index contributed by atoms with van der Waals surface area (Å²) < 4.78 is 26.4. The molecule has 0 unspecified atom stereocenters. The van der Waals surface area contributed by atoms with E-state index in [4.69, 9.17) is 11.6 Å². The molecule has 116 valence electrons. The molecule has 0 aliphatic heterocycles. The van der Waals surface area contributed by atoms with Crippen LogP contribution in [0, 0.1) is 6.92 Å². The second-order valence-electron chi connectivity index (χ2n) is 4.81. The Morgan fingerprint density at radius 3 is 2.09 bits per heavy atom. The lowest BCUT2D eigenvalue weighted by molar-refractivity contribution is -0.117. The normalized spacial score (nSPS) is 11.2. The molecule has 0 saturated heterocycles. The fraction of sp³-hybridized carbons (Fsp3) is 0.188. The molecular weight excluding hydrogens is 322 g/mol. The van der Waals surface area contributed by atoms with Crippen molar-refractivity contribution in [3.05, 3.63) is 59.1 Å². The molecular formula is C16H16ClNO3S. The molecule has 0 N–H and O–H groups in total. The number of rotatable bonds is 4. The standard InChI is InChI=1S/C16H16ClNO3S/c1-3-16(19)18(14-8-6-13(17)7-9-14)22(20,21)15-10-4-12(2)5-11-15/h4-11H,3H2,1-2H3. The van der Waals surface area contributed by atoms with Gasteiger partial charge in [0.2, 0.25) is 5.91 Å². The molecule has 2 aromatic carbocycles. The summed E-state index contributed by atoms with van der Waals surface area (Å²) in [7, 11) is -3.95. The van der Waals surface area contributed by atoms with E-state index in [0.29, 0.717) is 5.02 Å². The number of carbonyl (C=O) groups excluding carboxylic acids is 1. The molecule has 2 aromatic rings. The Bertz CT molecular complexity index is 768. The van der Waals surface area contributed by atoms with Gasteiger partial charge in [-0.1, -0.05) is 36.2 Å². The summed E-state index contributed by atoms with van der Waals surface area (Å²) in [6.45, 7) is 3.49. The van der Waals surface area contributed by atoms with E-state index in [9.17, 15) is 13.2 Å². The van der Waals surface area contributed by atoms with E-state index in [1.54, 1.807) is 31.2 Å². The van der Waals surface area contributed by atoms with Gasteiger partial charge in [-0.3, -0.25) is 4.79 Å². The van der Waals surface area contributed by atoms with Crippen molar-refractivity contribution in [3.63, 3.8) is 0 Å². The van der Waals surface area contributed by atoms with Crippen LogP contribution in [-0.2, 0) is 14.8 Å². The summed E-state index contributed by atoms with van der Waals surface area (Å²) in [4.78, 5) is 12.3. The molecule has 0 saturated carbocycles. The van der Waals surface area contributed by atoms with Crippen LogP contribution in [-0.4, -0.2) is 14.3 Å². The largest absolute Gasteiger partial charge is 0.273 e. The number of hydrogen-bond acceptors (Lipinski definition) is 3. The lowest BCUT2D eigenvalue weighted by Crippen LogP contribution is -2.36. The van der Waals surface area contributed by atoms with Crippen LogP contribution in [0.2, 0.25) is 5.02 Å². The second-order valence-corrected chi connectivity index (χ2v) is 7.03. The number of aryl methyl sites for hydroxylation is 1. The molecule has 0 aromatic heterocycles. The SMILES string of the molecule is CCC(=O)N(c1ccc(Cl)cc1)S(=O)(=O)c1ccc(C)cc1. The van der Waals surface area contributed by atoms with E-state index >= 15 is 0 Å². The molecule has 0 radical (unpaired) electrons. The molecule has 0 fully saturated rings. The average Bonchev–Trinajstić information content (AvgIpc) is 2.49. The maximum absolute atomic E-state index is 12.8. The summed E-state index contributed by atoms with van der Waals surface area (Å²) in [5, 5.41) is 0.473. The Labute approximate surface area is 135 Å². The quantitative estimate of drug-likeness (QED) is 0.853. The molecule has 0 bridgehead atoms. The fourth-order valence-corrected chi connectivity index (χ4v) is 3.57. The smallest absolute Gasteiger partial charge is 0.270 e. The molecule has 0 spiro atoms. The van der Waals surface area contributed by atoms with Crippen molar-refractivity contribution in [2.45, 2.75) is 25.2 Å². The number of nitrogens with zero attached hydrogens (tertiary/aromatic N) is 1. The summed E-state index contributed by atoms with van der Waals surface area (Å²) in [6.07, 6.45) is 0.0771. The van der Waals surface area contributed by atoms with E-state index in [1.165, 1.54) is 24.3 Å². The molecule has 0 aliphatic rings. The van der Waals surface area contributed by atoms with Crippen molar-refractivity contribution in [2.75, 3.05) is 4.31 Å². The predicted molar refractivity (Wildman–Crippen MR) is 87.6 cm³/mol. The Kier molecular flexibility index (Phi) is 4.88. The van der Waals surface area contributed by atoms with Gasteiger partial charge in [-0.15, -0.1) is 0 Å². The lowest BCUT2D eigenvalue weighted by atomic mass is 10.2. The highest BCUT2D eigenvalue weighted by molar-refractivity contribution is 7.93. The number of halogens is 1. The van der Waals surface area contributed by atoms with Gasteiger partial charge in [0.15, 0.2) is 0 Å². The van der Waals surface area contributed by atoms with E-state index in [2.05, 4.69) is 0 Å². The first-order valence-corrected chi connectivity index (χ1v) is 8.58. The van der Waals surface area contributed by atoms with Crippen molar-refractivity contribution in [2.24, 2.45) is 0 Å². The Morgan fingerprint density at radius 2 is 1.59 bits per heavy atom. The van der Waals surface area contributed by atoms with Crippen molar-refractivity contribution >= 4 is 33.2 Å². The number of sulfonamides is 1. The zero-order valence-corrected chi connectivity index (χ0v) is 13.9. The van der Waals surface area contributed by atoms with Crippen LogP contribution >= 0.6 is 11.6 Å². The topological polar surface area (TPSA) is 54.5 Å². The van der Waals surface area contributed by atoms with Gasteiger partial charge in [0.25, 0.3) is 10.0 Å². The first-order valence-electron chi connectivity index (χ1n) is 6.76. The highest BCUT2D eigenvalue weighted by atomic mass is 35.5. The van der Waals surface area contributed by atoms with Crippen molar-refractivity contribution in [3.8, 4) is 0 Å². The average molecular weight is 338 g/mol. The Hall–Kier alpha value is -1.85. The van der Waals surface area contributed by atoms with Crippen LogP contribution < -0.4 is 4.31 Å². The molecule has 0 aliphatic carbocycles. The first kappa shape index (κ1) is 16.5. The molecule has 0 atom stereocenters. The van der Waals surface area contributed by atoms with Crippen LogP contribution in [0.4, 0.5) is 5.69 Å². The van der Waals surface area contributed by atoms with Gasteiger partial charge in [0.1, 0.15) is 0 Å². The predicted octanol–water partition coefficient (Wildman–Crippen LogP) is 3.78. The summed E-state index contributed by atoms with van der Waals surface area (Å²) in [5.74, 6) is -0.497. The Balaban J connectivity index is 2.55. The maximum Gasteiger partial charge on any atom is 0.270 e. The molecule has 4 nitrogen and oxygen atoms in total. The van der Waals surface area contributed by atoms with Crippen molar-refractivity contribution in [1.29, 1.82) is 0 Å². The molecule has 22 heavy (non-hydrogen) atoms. The van der Waals surface area contributed by atoms with Crippen LogP contribution in [0.15, 0.2) is 53.4 Å². The number of hydrogen-bond donors (Lipinski definition) is 0. The summed E-state index contributed by atoms with van der Waals surface area (Å²) in [6, 6.07) is 12.5. The third-order valence-corrected chi connectivity index (χ3v) is 5.16. The van der Waals surface area contributed by atoms with Gasteiger partial charge in [0.05, 0.1) is 10.6 Å². The highest BCUT2D eigenvalue weighted by Gasteiger charge is 2.29. The van der Waals surface area contributed by atoms with Crippen molar-refractivity contribution in [1.82, 2.24) is 0 Å². The zero-order valence-electron chi connectivity index (χ0n) is 12.3. The van der Waals surface area contributed by atoms with Crippen molar-refractivity contribution < 1.29 is 13.2 Å². The maximum atomic E-state index is 12.8. The Morgan fingerprint density at radius 1 is 1.05 bits per heavy atom. The van der Waals surface area contributed by atoms with Gasteiger partial charge in [0, 0.05) is 11.4 Å². The van der Waals surface area contributed by atoms with Gasteiger partial charge in [-0.05, 0) is 43.3 Å². The first-order chi connectivity index (χ1) is 10.4. The minimum absolute atomic E-state index is 0.0771. The van der Waals surface area contributed by atoms with E-state index in [1.807, 2.05) is 6.92 Å². The van der Waals surface area contributed by atoms with Gasteiger partial charge >= 0.3 is 0 Å². The van der Waals surface area contributed by atoms with E-state index < -0.39 is 15.9 Å². The second kappa shape index (κ2) is 6.50. The number of amides is 1. The molecule has 1 amide bonds. The van der Waals surface area contributed by atoms with Crippen LogP contribution in [0.3, 0.4) is 0 Å². The molecule has 0 heterocycles. The number of anilines is 1. The van der Waals surface area contributed by atoms with Gasteiger partial charge < -0.3 is 0 Å². The van der Waals surface area contributed by atoms with E-state index in [-0.39, 0.29) is 17.0 Å². The minimum atomic E-state index is -3.95. The van der Waals surface area contributed by atoms with Crippen LogP contribution in [0.1, 0.15) is 18.9 Å². The number of benzene rings is 2. The minimum Gasteiger partial charge on any atom is -0.273 e. The summed E-state index contributed by atoms with van der Waals surface area (Å²) in [5.41, 5.74) is 1.22. The molecule has 6 heteroatoms. The third-order valence-electron chi connectivity index (χ3n) is 3.15.